The van der Waals surface area contributed by atoms with Crippen LogP contribution >= 0.6 is 11.3 Å². The van der Waals surface area contributed by atoms with E-state index in [2.05, 4.69) is 30.8 Å². The second-order valence-corrected chi connectivity index (χ2v) is 3.55. The van der Waals surface area contributed by atoms with Crippen molar-refractivity contribution in [3.8, 4) is 0 Å². The highest BCUT2D eigenvalue weighted by Crippen LogP contribution is 2.19. The van der Waals surface area contributed by atoms with Gasteiger partial charge in [-0.25, -0.2) is 4.98 Å². The maximum atomic E-state index is 4.26. The number of rotatable bonds is 3. The predicted octanol–water partition coefficient (Wildman–Crippen LogP) is 2.16. The Kier molecular flexibility index (Phi) is 3.02. The summed E-state index contributed by atoms with van der Waals surface area (Å²) >= 11 is 1.72. The van der Waals surface area contributed by atoms with Crippen LogP contribution in [-0.2, 0) is 0 Å². The molecule has 1 aromatic heterocycles. The number of hydrogen-bond acceptors (Lipinski definition) is 3. The van der Waals surface area contributed by atoms with E-state index in [-0.39, 0.29) is 0 Å². The van der Waals surface area contributed by atoms with Gasteiger partial charge >= 0.3 is 0 Å². The van der Waals surface area contributed by atoms with Crippen LogP contribution in [0, 0.1) is 0 Å². The maximum absolute atomic E-state index is 4.26. The van der Waals surface area contributed by atoms with Crippen LogP contribution in [-0.4, -0.2) is 23.5 Å². The van der Waals surface area contributed by atoms with Gasteiger partial charge in [0, 0.05) is 11.6 Å². The molecule has 0 radical (unpaired) electrons. The average Bonchev–Trinajstić information content (AvgIpc) is 2.53. The summed E-state index contributed by atoms with van der Waals surface area (Å²) in [5.41, 5.74) is 0. The largest absolute Gasteiger partial charge is 0.298 e. The minimum atomic E-state index is 0.458. The molecule has 0 saturated heterocycles. The van der Waals surface area contributed by atoms with Gasteiger partial charge in [-0.15, -0.1) is 11.3 Å². The van der Waals surface area contributed by atoms with E-state index in [9.17, 15) is 0 Å². The van der Waals surface area contributed by atoms with Crippen LogP contribution in [0.1, 0.15) is 24.9 Å². The van der Waals surface area contributed by atoms with Gasteiger partial charge in [-0.1, -0.05) is 6.92 Å². The first-order chi connectivity index (χ1) is 5.25. The van der Waals surface area contributed by atoms with Gasteiger partial charge in [0.15, 0.2) is 0 Å². The molecule has 1 heterocycles. The van der Waals surface area contributed by atoms with Crippen LogP contribution < -0.4 is 0 Å². The summed E-state index contributed by atoms with van der Waals surface area (Å²) in [7, 11) is 2.12. The molecule has 0 fully saturated rings. The summed E-state index contributed by atoms with van der Waals surface area (Å²) in [6, 6.07) is 0.458. The Bertz CT molecular complexity index is 196. The van der Waals surface area contributed by atoms with Crippen LogP contribution in [0.25, 0.3) is 0 Å². The third kappa shape index (κ3) is 2.01. The van der Waals surface area contributed by atoms with Crippen LogP contribution in [0.3, 0.4) is 0 Å². The van der Waals surface area contributed by atoms with Gasteiger partial charge in [-0.3, -0.25) is 4.90 Å². The molecule has 0 aromatic carbocycles. The van der Waals surface area contributed by atoms with Gasteiger partial charge in [0.1, 0.15) is 5.01 Å². The Hall–Kier alpha value is -0.410. The first-order valence-corrected chi connectivity index (χ1v) is 4.73. The van der Waals surface area contributed by atoms with Gasteiger partial charge in [0.05, 0.1) is 6.04 Å². The fourth-order valence-corrected chi connectivity index (χ4v) is 1.66. The molecule has 11 heavy (non-hydrogen) atoms. The second kappa shape index (κ2) is 3.83. The normalized spacial score (nSPS) is 13.8. The van der Waals surface area contributed by atoms with E-state index in [4.69, 9.17) is 0 Å². The van der Waals surface area contributed by atoms with Crippen molar-refractivity contribution in [2.24, 2.45) is 0 Å². The lowest BCUT2D eigenvalue weighted by molar-refractivity contribution is 0.275. The zero-order valence-electron chi connectivity index (χ0n) is 7.24. The fraction of sp³-hybridized carbons (Fsp3) is 0.625. The summed E-state index contributed by atoms with van der Waals surface area (Å²) in [5, 5.41) is 3.23. The van der Waals surface area contributed by atoms with Crippen molar-refractivity contribution >= 4 is 11.3 Å². The maximum Gasteiger partial charge on any atom is 0.109 e. The predicted molar refractivity (Wildman–Crippen MR) is 48.8 cm³/mol. The molecular formula is C8H14N2S. The first-order valence-electron chi connectivity index (χ1n) is 3.85. The lowest BCUT2D eigenvalue weighted by Crippen LogP contribution is -2.21. The number of hydrogen-bond donors (Lipinski definition) is 0. The van der Waals surface area contributed by atoms with Gasteiger partial charge < -0.3 is 0 Å². The van der Waals surface area contributed by atoms with E-state index in [1.54, 1.807) is 11.3 Å². The Morgan fingerprint density at radius 2 is 2.45 bits per heavy atom. The average molecular weight is 170 g/mol. The number of thiazole rings is 1. The van der Waals surface area contributed by atoms with Crippen molar-refractivity contribution in [3.05, 3.63) is 16.6 Å². The van der Waals surface area contributed by atoms with Gasteiger partial charge in [0.25, 0.3) is 0 Å². The standard InChI is InChI=1S/C8H14N2S/c1-4-10(3)7(2)8-9-5-6-11-8/h5-7H,4H2,1-3H3. The van der Waals surface area contributed by atoms with E-state index in [1.165, 1.54) is 5.01 Å². The molecule has 0 bridgehead atoms. The zero-order chi connectivity index (χ0) is 8.27. The lowest BCUT2D eigenvalue weighted by Gasteiger charge is -2.20. The molecule has 1 unspecified atom stereocenters. The molecular weight excluding hydrogens is 156 g/mol. The summed E-state index contributed by atoms with van der Waals surface area (Å²) in [6.07, 6.45) is 1.86. The molecule has 3 heteroatoms. The fourth-order valence-electron chi connectivity index (χ4n) is 0.903. The minimum absolute atomic E-state index is 0.458. The highest BCUT2D eigenvalue weighted by atomic mass is 32.1. The third-order valence-corrected chi connectivity index (χ3v) is 2.91. The van der Waals surface area contributed by atoms with Crippen molar-refractivity contribution in [1.29, 1.82) is 0 Å². The monoisotopic (exact) mass is 170 g/mol. The Balaban J connectivity index is 2.62. The first kappa shape index (κ1) is 8.68. The van der Waals surface area contributed by atoms with Crippen LogP contribution in [0.4, 0.5) is 0 Å². The molecule has 1 aromatic rings. The zero-order valence-corrected chi connectivity index (χ0v) is 8.06. The van der Waals surface area contributed by atoms with Crippen molar-refractivity contribution in [3.63, 3.8) is 0 Å². The van der Waals surface area contributed by atoms with Gasteiger partial charge in [-0.2, -0.15) is 0 Å². The third-order valence-electron chi connectivity index (χ3n) is 1.97. The van der Waals surface area contributed by atoms with Crippen LogP contribution in [0.15, 0.2) is 11.6 Å². The Morgan fingerprint density at radius 3 is 2.91 bits per heavy atom. The summed E-state index contributed by atoms with van der Waals surface area (Å²) in [4.78, 5) is 6.54. The summed E-state index contributed by atoms with van der Waals surface area (Å²) < 4.78 is 0. The molecule has 0 N–H and O–H groups in total. The molecule has 1 atom stereocenters. The summed E-state index contributed by atoms with van der Waals surface area (Å²) in [6.45, 7) is 5.41. The Labute approximate surface area is 71.9 Å². The van der Waals surface area contributed by atoms with E-state index in [1.807, 2.05) is 11.6 Å². The van der Waals surface area contributed by atoms with Crippen molar-refractivity contribution < 1.29 is 0 Å². The van der Waals surface area contributed by atoms with Crippen molar-refractivity contribution in [2.45, 2.75) is 19.9 Å². The molecule has 0 aliphatic heterocycles. The van der Waals surface area contributed by atoms with Crippen LogP contribution in [0.5, 0.6) is 0 Å². The quantitative estimate of drug-likeness (QED) is 0.691. The highest BCUT2D eigenvalue weighted by Gasteiger charge is 2.10. The molecule has 0 saturated carbocycles. The summed E-state index contributed by atoms with van der Waals surface area (Å²) in [5.74, 6) is 0. The molecule has 62 valence electrons. The van der Waals surface area contributed by atoms with Gasteiger partial charge in [0.2, 0.25) is 0 Å². The Morgan fingerprint density at radius 1 is 1.73 bits per heavy atom. The molecule has 0 aliphatic carbocycles. The lowest BCUT2D eigenvalue weighted by atomic mass is 10.3. The number of nitrogens with zero attached hydrogens (tertiary/aromatic N) is 2. The van der Waals surface area contributed by atoms with E-state index >= 15 is 0 Å². The topological polar surface area (TPSA) is 16.1 Å². The van der Waals surface area contributed by atoms with E-state index in [0.717, 1.165) is 6.54 Å². The molecule has 0 spiro atoms. The number of aromatic nitrogens is 1. The van der Waals surface area contributed by atoms with Crippen LogP contribution in [0.2, 0.25) is 0 Å². The highest BCUT2D eigenvalue weighted by molar-refractivity contribution is 7.09. The van der Waals surface area contributed by atoms with E-state index < -0.39 is 0 Å². The smallest absolute Gasteiger partial charge is 0.109 e. The van der Waals surface area contributed by atoms with Crippen molar-refractivity contribution in [2.75, 3.05) is 13.6 Å². The second-order valence-electron chi connectivity index (χ2n) is 2.62. The molecule has 2 nitrogen and oxygen atoms in total. The van der Waals surface area contributed by atoms with Crippen molar-refractivity contribution in [1.82, 2.24) is 9.88 Å². The molecule has 0 aliphatic rings. The molecule has 1 rings (SSSR count). The van der Waals surface area contributed by atoms with E-state index in [0.29, 0.717) is 6.04 Å². The molecule has 0 amide bonds. The minimum Gasteiger partial charge on any atom is -0.298 e. The van der Waals surface area contributed by atoms with Gasteiger partial charge in [-0.05, 0) is 20.5 Å². The SMILES string of the molecule is CCN(C)C(C)c1nccs1.